The molecule has 94 valence electrons. The van der Waals surface area contributed by atoms with E-state index in [1.807, 2.05) is 6.92 Å². The van der Waals surface area contributed by atoms with E-state index in [0.717, 1.165) is 18.5 Å². The Kier molecular flexibility index (Phi) is 3.60. The highest BCUT2D eigenvalue weighted by molar-refractivity contribution is 4.93. The molecule has 2 aliphatic rings. The summed E-state index contributed by atoms with van der Waals surface area (Å²) in [4.78, 5) is 2.56. The van der Waals surface area contributed by atoms with Crippen LogP contribution in [0.1, 0.15) is 52.9 Å². The Morgan fingerprint density at radius 1 is 1.25 bits per heavy atom. The minimum atomic E-state index is -0.521. The average molecular weight is 225 g/mol. The lowest BCUT2D eigenvalue weighted by molar-refractivity contribution is -0.0262. The zero-order valence-electron chi connectivity index (χ0n) is 11.1. The van der Waals surface area contributed by atoms with Crippen molar-refractivity contribution in [1.29, 1.82) is 0 Å². The van der Waals surface area contributed by atoms with E-state index >= 15 is 0 Å². The first-order valence-corrected chi connectivity index (χ1v) is 6.97. The quantitative estimate of drug-likeness (QED) is 0.798. The van der Waals surface area contributed by atoms with Crippen LogP contribution in [0.15, 0.2) is 0 Å². The van der Waals surface area contributed by atoms with Gasteiger partial charge in [0.15, 0.2) is 0 Å². The van der Waals surface area contributed by atoms with Crippen molar-refractivity contribution in [3.63, 3.8) is 0 Å². The van der Waals surface area contributed by atoms with Gasteiger partial charge in [-0.25, -0.2) is 0 Å². The van der Waals surface area contributed by atoms with Gasteiger partial charge in [-0.1, -0.05) is 26.7 Å². The highest BCUT2D eigenvalue weighted by Gasteiger charge is 2.39. The zero-order chi connectivity index (χ0) is 11.8. The number of hydrogen-bond acceptors (Lipinski definition) is 2. The van der Waals surface area contributed by atoms with Crippen LogP contribution in [0.3, 0.4) is 0 Å². The van der Waals surface area contributed by atoms with E-state index in [0.29, 0.717) is 5.92 Å². The van der Waals surface area contributed by atoms with E-state index in [2.05, 4.69) is 18.7 Å². The molecule has 0 amide bonds. The molecule has 2 fully saturated rings. The van der Waals surface area contributed by atoms with Crippen LogP contribution >= 0.6 is 0 Å². The van der Waals surface area contributed by atoms with Gasteiger partial charge in [-0.15, -0.1) is 0 Å². The van der Waals surface area contributed by atoms with Crippen LogP contribution in [0.5, 0.6) is 0 Å². The van der Waals surface area contributed by atoms with E-state index in [4.69, 9.17) is 0 Å². The van der Waals surface area contributed by atoms with E-state index in [1.165, 1.54) is 38.6 Å². The van der Waals surface area contributed by atoms with Crippen molar-refractivity contribution in [2.75, 3.05) is 13.1 Å². The monoisotopic (exact) mass is 225 g/mol. The van der Waals surface area contributed by atoms with Gasteiger partial charge in [0.25, 0.3) is 0 Å². The molecular weight excluding hydrogens is 198 g/mol. The molecule has 3 atom stereocenters. The second kappa shape index (κ2) is 4.66. The minimum absolute atomic E-state index is 0.343. The Morgan fingerprint density at radius 2 is 1.94 bits per heavy atom. The first-order chi connectivity index (χ1) is 7.50. The number of likely N-dealkylation sites (tertiary alicyclic amines) is 1. The van der Waals surface area contributed by atoms with Gasteiger partial charge in [0.1, 0.15) is 0 Å². The molecule has 2 rings (SSSR count). The largest absolute Gasteiger partial charge is 0.389 e. The van der Waals surface area contributed by atoms with Crippen molar-refractivity contribution in [1.82, 2.24) is 4.90 Å². The van der Waals surface area contributed by atoms with Crippen molar-refractivity contribution < 1.29 is 5.11 Å². The Morgan fingerprint density at radius 3 is 2.62 bits per heavy atom. The fourth-order valence-electron chi connectivity index (χ4n) is 3.29. The summed E-state index contributed by atoms with van der Waals surface area (Å²) < 4.78 is 0. The standard InChI is InChI=1S/C14H27NO/c1-11(2)14(3,16)10-15-9-8-12-6-4-5-7-13(12)15/h11-13,16H,4-10H2,1-3H3. The van der Waals surface area contributed by atoms with Crippen molar-refractivity contribution in [2.24, 2.45) is 11.8 Å². The molecule has 2 heteroatoms. The third-order valence-electron chi connectivity index (χ3n) is 4.89. The maximum absolute atomic E-state index is 10.4. The zero-order valence-corrected chi connectivity index (χ0v) is 11.1. The predicted molar refractivity (Wildman–Crippen MR) is 67.4 cm³/mol. The molecule has 0 bridgehead atoms. The molecule has 2 nitrogen and oxygen atoms in total. The van der Waals surface area contributed by atoms with Gasteiger partial charge in [-0.2, -0.15) is 0 Å². The Hall–Kier alpha value is -0.0800. The topological polar surface area (TPSA) is 23.5 Å². The number of aliphatic hydroxyl groups is 1. The molecule has 0 aromatic rings. The average Bonchev–Trinajstić information content (AvgIpc) is 2.61. The lowest BCUT2D eigenvalue weighted by atomic mass is 9.84. The van der Waals surface area contributed by atoms with E-state index in [9.17, 15) is 5.11 Å². The van der Waals surface area contributed by atoms with Gasteiger partial charge in [0, 0.05) is 12.6 Å². The second-order valence-corrected chi connectivity index (χ2v) is 6.38. The van der Waals surface area contributed by atoms with E-state index < -0.39 is 5.60 Å². The Labute approximate surface area is 100 Å². The van der Waals surface area contributed by atoms with Gasteiger partial charge >= 0.3 is 0 Å². The summed E-state index contributed by atoms with van der Waals surface area (Å²) >= 11 is 0. The molecule has 0 radical (unpaired) electrons. The van der Waals surface area contributed by atoms with Gasteiger partial charge < -0.3 is 5.11 Å². The summed E-state index contributed by atoms with van der Waals surface area (Å²) in [5.41, 5.74) is -0.521. The fraction of sp³-hybridized carbons (Fsp3) is 1.00. The highest BCUT2D eigenvalue weighted by atomic mass is 16.3. The van der Waals surface area contributed by atoms with Crippen molar-refractivity contribution >= 4 is 0 Å². The normalized spacial score (nSPS) is 35.1. The first kappa shape index (κ1) is 12.4. The van der Waals surface area contributed by atoms with Gasteiger partial charge in [0.2, 0.25) is 0 Å². The summed E-state index contributed by atoms with van der Waals surface area (Å²) in [5, 5.41) is 10.4. The van der Waals surface area contributed by atoms with Crippen LogP contribution in [0, 0.1) is 11.8 Å². The molecular formula is C14H27NO. The fourth-order valence-corrected chi connectivity index (χ4v) is 3.29. The third-order valence-corrected chi connectivity index (χ3v) is 4.89. The number of fused-ring (bicyclic) bond motifs is 1. The summed E-state index contributed by atoms with van der Waals surface area (Å²) in [5.74, 6) is 1.27. The number of β-amino-alcohol motifs (C(OH)–C–C–N with tert-alkyl or cyclic N) is 1. The second-order valence-electron chi connectivity index (χ2n) is 6.38. The lowest BCUT2D eigenvalue weighted by Crippen LogP contribution is -2.47. The summed E-state index contributed by atoms with van der Waals surface area (Å²) in [6.45, 7) is 8.31. The molecule has 1 N–H and O–H groups in total. The first-order valence-electron chi connectivity index (χ1n) is 6.97. The van der Waals surface area contributed by atoms with Crippen LogP contribution in [0.4, 0.5) is 0 Å². The molecule has 1 aliphatic heterocycles. The molecule has 1 aliphatic carbocycles. The smallest absolute Gasteiger partial charge is 0.0768 e. The van der Waals surface area contributed by atoms with Gasteiger partial charge in [0.05, 0.1) is 5.60 Å². The molecule has 1 heterocycles. The summed E-state index contributed by atoms with van der Waals surface area (Å²) in [6, 6.07) is 0.777. The van der Waals surface area contributed by atoms with Gasteiger partial charge in [-0.3, -0.25) is 4.90 Å². The number of hydrogen-bond donors (Lipinski definition) is 1. The molecule has 1 saturated heterocycles. The molecule has 3 unspecified atom stereocenters. The minimum Gasteiger partial charge on any atom is -0.389 e. The molecule has 0 spiro atoms. The van der Waals surface area contributed by atoms with Gasteiger partial charge in [-0.05, 0) is 44.6 Å². The van der Waals surface area contributed by atoms with Crippen LogP contribution in [-0.2, 0) is 0 Å². The Balaban J connectivity index is 1.95. The molecule has 1 saturated carbocycles. The van der Waals surface area contributed by atoms with Crippen molar-refractivity contribution in [2.45, 2.75) is 64.5 Å². The number of nitrogens with zero attached hydrogens (tertiary/aromatic N) is 1. The Bertz CT molecular complexity index is 237. The van der Waals surface area contributed by atoms with Crippen molar-refractivity contribution in [3.8, 4) is 0 Å². The van der Waals surface area contributed by atoms with Crippen molar-refractivity contribution in [3.05, 3.63) is 0 Å². The van der Waals surface area contributed by atoms with Crippen LogP contribution in [-0.4, -0.2) is 34.7 Å². The summed E-state index contributed by atoms with van der Waals surface area (Å²) in [7, 11) is 0. The van der Waals surface area contributed by atoms with Crippen LogP contribution in [0.2, 0.25) is 0 Å². The maximum Gasteiger partial charge on any atom is 0.0768 e. The van der Waals surface area contributed by atoms with Crippen LogP contribution < -0.4 is 0 Å². The molecule has 0 aromatic carbocycles. The SMILES string of the molecule is CC(C)C(C)(O)CN1CCC2CCCCC21. The van der Waals surface area contributed by atoms with Crippen LogP contribution in [0.25, 0.3) is 0 Å². The third kappa shape index (κ3) is 2.43. The van der Waals surface area contributed by atoms with E-state index in [-0.39, 0.29) is 0 Å². The number of rotatable bonds is 3. The van der Waals surface area contributed by atoms with E-state index in [1.54, 1.807) is 0 Å². The lowest BCUT2D eigenvalue weighted by Gasteiger charge is -2.38. The molecule has 0 aromatic heterocycles. The predicted octanol–water partition coefficient (Wildman–Crippen LogP) is 2.66. The maximum atomic E-state index is 10.4. The highest BCUT2D eigenvalue weighted by Crippen LogP contribution is 2.37. The molecule has 16 heavy (non-hydrogen) atoms. The summed E-state index contributed by atoms with van der Waals surface area (Å²) in [6.07, 6.45) is 6.96.